The van der Waals surface area contributed by atoms with Crippen LogP contribution < -0.4 is 11.1 Å². The Bertz CT molecular complexity index is 436. The molecule has 0 aromatic heterocycles. The van der Waals surface area contributed by atoms with E-state index in [1.165, 1.54) is 0 Å². The van der Waals surface area contributed by atoms with E-state index in [9.17, 15) is 4.79 Å². The van der Waals surface area contributed by atoms with Crippen molar-refractivity contribution in [3.05, 3.63) is 28.7 Å². The van der Waals surface area contributed by atoms with Gasteiger partial charge in [0.05, 0.1) is 11.5 Å². The van der Waals surface area contributed by atoms with Crippen molar-refractivity contribution in [1.29, 1.82) is 0 Å². The lowest BCUT2D eigenvalue weighted by Gasteiger charge is -2.19. The Labute approximate surface area is 127 Å². The number of carbonyl (C=O) groups excluding carboxylic acids is 1. The molecule has 0 saturated carbocycles. The van der Waals surface area contributed by atoms with Crippen molar-refractivity contribution in [3.8, 4) is 0 Å². The largest absolute Gasteiger partial charge is 0.393 e. The third kappa shape index (κ3) is 6.66. The number of nitrogens with one attached hydrogen (secondary N) is 1. The van der Waals surface area contributed by atoms with E-state index in [0.29, 0.717) is 24.5 Å². The molecule has 0 heterocycles. The Morgan fingerprint density at radius 1 is 1.42 bits per heavy atom. The molecule has 0 radical (unpaired) electrons. The summed E-state index contributed by atoms with van der Waals surface area (Å²) >= 11 is 8.19. The van der Waals surface area contributed by atoms with Crippen molar-refractivity contribution in [3.63, 3.8) is 0 Å². The molecule has 1 amide bonds. The second-order valence-corrected chi connectivity index (χ2v) is 5.58. The normalized spacial score (nSPS) is 10.5. The fraction of sp³-hybridized carbons (Fsp3) is 0.385. The lowest BCUT2D eigenvalue weighted by Crippen LogP contribution is -2.35. The van der Waals surface area contributed by atoms with Crippen LogP contribution in [0.2, 0.25) is 0 Å². The van der Waals surface area contributed by atoms with Crippen molar-refractivity contribution < 1.29 is 4.79 Å². The number of nitrogens with two attached hydrogens (primary N) is 1. The number of halogens is 1. The van der Waals surface area contributed by atoms with E-state index >= 15 is 0 Å². The van der Waals surface area contributed by atoms with Crippen molar-refractivity contribution in [2.75, 3.05) is 25.0 Å². The highest BCUT2D eigenvalue weighted by Gasteiger charge is 2.09. The number of hydrogen-bond donors (Lipinski definition) is 2. The molecule has 0 bridgehead atoms. The summed E-state index contributed by atoms with van der Waals surface area (Å²) in [5, 5.41) is 2.86. The van der Waals surface area contributed by atoms with E-state index in [-0.39, 0.29) is 5.91 Å². The van der Waals surface area contributed by atoms with E-state index in [1.807, 2.05) is 36.1 Å². The van der Waals surface area contributed by atoms with Gasteiger partial charge in [-0.3, -0.25) is 9.69 Å². The minimum absolute atomic E-state index is 0.0351. The van der Waals surface area contributed by atoms with E-state index in [0.717, 1.165) is 16.7 Å². The Kier molecular flexibility index (Phi) is 6.97. The van der Waals surface area contributed by atoms with E-state index in [4.69, 9.17) is 18.0 Å². The predicted octanol–water partition coefficient (Wildman–Crippen LogP) is 2.39. The summed E-state index contributed by atoms with van der Waals surface area (Å²) in [6.45, 7) is 3.84. The molecular formula is C13H18BrN3OS. The molecule has 0 fully saturated rings. The monoisotopic (exact) mass is 343 g/mol. The number of likely N-dealkylation sites (N-methyl/N-ethyl adjacent to an activating group) is 1. The van der Waals surface area contributed by atoms with Crippen LogP contribution in [-0.2, 0) is 4.79 Å². The molecule has 1 aromatic carbocycles. The van der Waals surface area contributed by atoms with Gasteiger partial charge in [0.1, 0.15) is 0 Å². The summed E-state index contributed by atoms with van der Waals surface area (Å²) in [5.41, 5.74) is 6.25. The summed E-state index contributed by atoms with van der Waals surface area (Å²) < 4.78 is 0.983. The molecule has 0 saturated heterocycles. The quantitative estimate of drug-likeness (QED) is 0.746. The summed E-state index contributed by atoms with van der Waals surface area (Å²) in [6, 6.07) is 7.49. The highest BCUT2D eigenvalue weighted by atomic mass is 79.9. The molecule has 0 aliphatic carbocycles. The average Bonchev–Trinajstić information content (AvgIpc) is 2.37. The van der Waals surface area contributed by atoms with Crippen LogP contribution in [-0.4, -0.2) is 35.4 Å². The van der Waals surface area contributed by atoms with E-state index in [2.05, 4.69) is 21.2 Å². The van der Waals surface area contributed by atoms with Crippen molar-refractivity contribution in [2.24, 2.45) is 5.73 Å². The molecule has 0 unspecified atom stereocenters. The fourth-order valence-electron chi connectivity index (χ4n) is 1.55. The molecule has 0 aliphatic rings. The van der Waals surface area contributed by atoms with Gasteiger partial charge in [0.2, 0.25) is 5.91 Å². The Morgan fingerprint density at radius 3 is 2.58 bits per heavy atom. The van der Waals surface area contributed by atoms with Crippen LogP contribution in [0.25, 0.3) is 0 Å². The maximum atomic E-state index is 11.9. The van der Waals surface area contributed by atoms with Crippen molar-refractivity contribution >= 4 is 44.7 Å². The van der Waals surface area contributed by atoms with Crippen LogP contribution in [0.3, 0.4) is 0 Å². The Balaban J connectivity index is 2.44. The van der Waals surface area contributed by atoms with Gasteiger partial charge in [-0.1, -0.05) is 35.1 Å². The first-order valence-corrected chi connectivity index (χ1v) is 7.27. The zero-order valence-corrected chi connectivity index (χ0v) is 13.3. The van der Waals surface area contributed by atoms with Crippen molar-refractivity contribution in [1.82, 2.24) is 4.90 Å². The minimum Gasteiger partial charge on any atom is -0.393 e. The molecule has 3 N–H and O–H groups in total. The van der Waals surface area contributed by atoms with Crippen LogP contribution in [0.5, 0.6) is 0 Å². The van der Waals surface area contributed by atoms with Gasteiger partial charge in [-0.2, -0.15) is 0 Å². The van der Waals surface area contributed by atoms with Crippen LogP contribution in [0.15, 0.2) is 28.7 Å². The van der Waals surface area contributed by atoms with Crippen LogP contribution in [0.1, 0.15) is 13.3 Å². The maximum absolute atomic E-state index is 11.9. The van der Waals surface area contributed by atoms with E-state index < -0.39 is 0 Å². The number of nitrogens with zero attached hydrogens (tertiary/aromatic N) is 1. The number of thiocarbonyl (C=S) groups is 1. The number of amides is 1. The van der Waals surface area contributed by atoms with Gasteiger partial charge in [-0.25, -0.2) is 0 Å². The molecular weight excluding hydrogens is 326 g/mol. The van der Waals surface area contributed by atoms with Gasteiger partial charge in [-0.05, 0) is 30.8 Å². The average molecular weight is 344 g/mol. The fourth-order valence-corrected chi connectivity index (χ4v) is 1.91. The number of hydrogen-bond acceptors (Lipinski definition) is 3. The van der Waals surface area contributed by atoms with Gasteiger partial charge in [0.25, 0.3) is 0 Å². The summed E-state index contributed by atoms with van der Waals surface area (Å²) in [6.07, 6.45) is 0.634. The molecule has 0 aliphatic heterocycles. The third-order valence-corrected chi connectivity index (χ3v) is 3.35. The first kappa shape index (κ1) is 16.1. The zero-order chi connectivity index (χ0) is 14.3. The second-order valence-electron chi connectivity index (χ2n) is 4.14. The molecule has 6 heteroatoms. The van der Waals surface area contributed by atoms with Gasteiger partial charge < -0.3 is 11.1 Å². The molecule has 4 nitrogen and oxygen atoms in total. The van der Waals surface area contributed by atoms with Gasteiger partial charge in [-0.15, -0.1) is 0 Å². The number of rotatable bonds is 7. The van der Waals surface area contributed by atoms with Crippen LogP contribution >= 0.6 is 28.1 Å². The zero-order valence-electron chi connectivity index (χ0n) is 10.9. The van der Waals surface area contributed by atoms with Crippen LogP contribution in [0, 0.1) is 0 Å². The summed E-state index contributed by atoms with van der Waals surface area (Å²) in [5.74, 6) is -0.0351. The highest BCUT2D eigenvalue weighted by molar-refractivity contribution is 9.10. The summed E-state index contributed by atoms with van der Waals surface area (Å²) in [7, 11) is 0. The first-order chi connectivity index (χ1) is 9.01. The maximum Gasteiger partial charge on any atom is 0.238 e. The predicted molar refractivity (Wildman–Crippen MR) is 86.3 cm³/mol. The second kappa shape index (κ2) is 8.24. The van der Waals surface area contributed by atoms with Crippen molar-refractivity contribution in [2.45, 2.75) is 13.3 Å². The van der Waals surface area contributed by atoms with Gasteiger partial charge in [0, 0.05) is 23.1 Å². The van der Waals surface area contributed by atoms with Crippen LogP contribution in [0.4, 0.5) is 5.69 Å². The highest BCUT2D eigenvalue weighted by Crippen LogP contribution is 2.13. The number of anilines is 1. The first-order valence-electron chi connectivity index (χ1n) is 6.07. The lowest BCUT2D eigenvalue weighted by molar-refractivity contribution is -0.117. The van der Waals surface area contributed by atoms with Gasteiger partial charge in [0.15, 0.2) is 0 Å². The SMILES string of the molecule is CCN(CCC(N)=S)CC(=O)Nc1ccc(Br)cc1. The Morgan fingerprint density at radius 2 is 2.05 bits per heavy atom. The molecule has 19 heavy (non-hydrogen) atoms. The molecule has 0 atom stereocenters. The topological polar surface area (TPSA) is 58.4 Å². The Hall–Kier alpha value is -0.980. The molecule has 0 spiro atoms. The smallest absolute Gasteiger partial charge is 0.238 e. The molecule has 1 aromatic rings. The lowest BCUT2D eigenvalue weighted by atomic mass is 10.3. The number of carbonyl (C=O) groups is 1. The third-order valence-electron chi connectivity index (χ3n) is 2.62. The van der Waals surface area contributed by atoms with Gasteiger partial charge >= 0.3 is 0 Å². The van der Waals surface area contributed by atoms with E-state index in [1.54, 1.807) is 0 Å². The number of benzene rings is 1. The minimum atomic E-state index is -0.0351. The molecule has 104 valence electrons. The summed E-state index contributed by atoms with van der Waals surface area (Å²) in [4.78, 5) is 14.4. The molecule has 1 rings (SSSR count). The standard InChI is InChI=1S/C13H18BrN3OS/c1-2-17(8-7-12(15)19)9-13(18)16-11-5-3-10(14)4-6-11/h3-6H,2,7-9H2,1H3,(H2,15,19)(H,16,18).